The molecule has 0 saturated heterocycles. The van der Waals surface area contributed by atoms with Crippen LogP contribution in [0.3, 0.4) is 0 Å². The topological polar surface area (TPSA) is 16.1 Å². The van der Waals surface area contributed by atoms with Gasteiger partial charge in [0.1, 0.15) is 0 Å². The lowest BCUT2D eigenvalue weighted by molar-refractivity contribution is 0.567. The molecular formula is C9H12N2. The van der Waals surface area contributed by atoms with Gasteiger partial charge in [-0.3, -0.25) is 4.98 Å². The van der Waals surface area contributed by atoms with Gasteiger partial charge in [-0.05, 0) is 30.0 Å². The predicted octanol–water partition coefficient (Wildman–Crippen LogP) is 1.61. The van der Waals surface area contributed by atoms with E-state index in [0.717, 1.165) is 0 Å². The van der Waals surface area contributed by atoms with E-state index < -0.39 is 0 Å². The second-order valence-corrected chi connectivity index (χ2v) is 2.56. The molecule has 58 valence electrons. The lowest BCUT2D eigenvalue weighted by Gasteiger charge is -2.02. The summed E-state index contributed by atoms with van der Waals surface area (Å²) in [4.78, 5) is 5.93. The summed E-state index contributed by atoms with van der Waals surface area (Å²) >= 11 is 0. The normalized spacial score (nSPS) is 10.4. The SMILES string of the molecule is CN(C)C=Cc1ccncc1. The zero-order valence-electron chi connectivity index (χ0n) is 6.86. The van der Waals surface area contributed by atoms with E-state index in [1.807, 2.05) is 43.4 Å². The van der Waals surface area contributed by atoms with Gasteiger partial charge >= 0.3 is 0 Å². The number of aromatic nitrogens is 1. The van der Waals surface area contributed by atoms with Gasteiger partial charge in [-0.1, -0.05) is 0 Å². The molecule has 11 heavy (non-hydrogen) atoms. The summed E-state index contributed by atoms with van der Waals surface area (Å²) in [7, 11) is 4.00. The monoisotopic (exact) mass is 148 g/mol. The van der Waals surface area contributed by atoms with Gasteiger partial charge in [0, 0.05) is 26.5 Å². The van der Waals surface area contributed by atoms with Crippen molar-refractivity contribution in [1.82, 2.24) is 9.88 Å². The third-order valence-corrected chi connectivity index (χ3v) is 1.27. The highest BCUT2D eigenvalue weighted by Crippen LogP contribution is 1.98. The predicted molar refractivity (Wildman–Crippen MR) is 47.0 cm³/mol. The van der Waals surface area contributed by atoms with Crippen LogP contribution in [0, 0.1) is 0 Å². The molecule has 1 aromatic rings. The van der Waals surface area contributed by atoms with Gasteiger partial charge in [0.25, 0.3) is 0 Å². The van der Waals surface area contributed by atoms with E-state index >= 15 is 0 Å². The molecule has 0 aliphatic rings. The van der Waals surface area contributed by atoms with Crippen LogP contribution in [0.2, 0.25) is 0 Å². The molecule has 1 heterocycles. The first-order valence-corrected chi connectivity index (χ1v) is 3.54. The lowest BCUT2D eigenvalue weighted by Crippen LogP contribution is -1.99. The Hall–Kier alpha value is -1.31. The number of hydrogen-bond acceptors (Lipinski definition) is 2. The quantitative estimate of drug-likeness (QED) is 0.633. The summed E-state index contributed by atoms with van der Waals surface area (Å²) in [6.07, 6.45) is 7.63. The summed E-state index contributed by atoms with van der Waals surface area (Å²) < 4.78 is 0. The molecule has 1 aromatic heterocycles. The molecule has 2 heteroatoms. The van der Waals surface area contributed by atoms with Crippen molar-refractivity contribution in [2.24, 2.45) is 0 Å². The van der Waals surface area contributed by atoms with Gasteiger partial charge in [0.05, 0.1) is 0 Å². The fourth-order valence-electron chi connectivity index (χ4n) is 0.710. The van der Waals surface area contributed by atoms with E-state index in [4.69, 9.17) is 0 Å². The Morgan fingerprint density at radius 3 is 2.45 bits per heavy atom. The molecule has 0 saturated carbocycles. The minimum atomic E-state index is 1.17. The molecule has 0 aromatic carbocycles. The first kappa shape index (κ1) is 7.79. The molecular weight excluding hydrogens is 136 g/mol. The van der Waals surface area contributed by atoms with Gasteiger partial charge in [-0.25, -0.2) is 0 Å². The minimum Gasteiger partial charge on any atom is -0.383 e. The molecule has 0 unspecified atom stereocenters. The van der Waals surface area contributed by atoms with Crippen LogP contribution in [-0.2, 0) is 0 Å². The summed E-state index contributed by atoms with van der Waals surface area (Å²) in [5.74, 6) is 0. The van der Waals surface area contributed by atoms with Crippen molar-refractivity contribution in [3.63, 3.8) is 0 Å². The lowest BCUT2D eigenvalue weighted by atomic mass is 10.3. The number of pyridine rings is 1. The highest BCUT2D eigenvalue weighted by Gasteiger charge is 1.82. The molecule has 0 amide bonds. The Bertz CT molecular complexity index is 227. The Morgan fingerprint density at radius 2 is 1.91 bits per heavy atom. The summed E-state index contributed by atoms with van der Waals surface area (Å²) in [5, 5.41) is 0. The number of rotatable bonds is 2. The van der Waals surface area contributed by atoms with Gasteiger partial charge in [0.15, 0.2) is 0 Å². The van der Waals surface area contributed by atoms with Gasteiger partial charge in [-0.15, -0.1) is 0 Å². The zero-order valence-corrected chi connectivity index (χ0v) is 6.86. The first-order valence-electron chi connectivity index (χ1n) is 3.54. The molecule has 0 atom stereocenters. The highest BCUT2D eigenvalue weighted by molar-refractivity contribution is 5.47. The molecule has 1 rings (SSSR count). The van der Waals surface area contributed by atoms with Crippen molar-refractivity contribution in [1.29, 1.82) is 0 Å². The smallest absolute Gasteiger partial charge is 0.0273 e. The standard InChI is InChI=1S/C9H12N2/c1-11(2)8-5-9-3-6-10-7-4-9/h3-8H,1-2H3. The Balaban J connectivity index is 2.65. The van der Waals surface area contributed by atoms with Crippen molar-refractivity contribution in [2.45, 2.75) is 0 Å². The maximum atomic E-state index is 3.92. The van der Waals surface area contributed by atoms with Crippen LogP contribution in [0.4, 0.5) is 0 Å². The van der Waals surface area contributed by atoms with E-state index in [9.17, 15) is 0 Å². The van der Waals surface area contributed by atoms with Crippen molar-refractivity contribution < 1.29 is 0 Å². The van der Waals surface area contributed by atoms with Crippen LogP contribution in [0.15, 0.2) is 30.7 Å². The molecule has 2 nitrogen and oxygen atoms in total. The van der Waals surface area contributed by atoms with Crippen molar-refractivity contribution in [3.05, 3.63) is 36.3 Å². The fourth-order valence-corrected chi connectivity index (χ4v) is 0.710. The van der Waals surface area contributed by atoms with Gasteiger partial charge in [-0.2, -0.15) is 0 Å². The minimum absolute atomic E-state index is 1.17. The van der Waals surface area contributed by atoms with Crippen LogP contribution >= 0.6 is 0 Å². The van der Waals surface area contributed by atoms with E-state index in [0.29, 0.717) is 0 Å². The Morgan fingerprint density at radius 1 is 1.27 bits per heavy atom. The maximum absolute atomic E-state index is 3.92. The summed E-state index contributed by atoms with van der Waals surface area (Å²) in [6.45, 7) is 0. The largest absolute Gasteiger partial charge is 0.383 e. The van der Waals surface area contributed by atoms with E-state index in [-0.39, 0.29) is 0 Å². The molecule has 0 aliphatic carbocycles. The van der Waals surface area contributed by atoms with Crippen molar-refractivity contribution in [3.8, 4) is 0 Å². The maximum Gasteiger partial charge on any atom is 0.0273 e. The third-order valence-electron chi connectivity index (χ3n) is 1.27. The van der Waals surface area contributed by atoms with E-state index in [1.54, 1.807) is 12.4 Å². The van der Waals surface area contributed by atoms with E-state index in [1.165, 1.54) is 5.56 Å². The van der Waals surface area contributed by atoms with Crippen molar-refractivity contribution in [2.75, 3.05) is 14.1 Å². The van der Waals surface area contributed by atoms with Crippen LogP contribution in [0.25, 0.3) is 6.08 Å². The fraction of sp³-hybridized carbons (Fsp3) is 0.222. The van der Waals surface area contributed by atoms with Crippen LogP contribution in [-0.4, -0.2) is 24.0 Å². The molecule has 0 aliphatic heterocycles. The van der Waals surface area contributed by atoms with Crippen LogP contribution in [0.5, 0.6) is 0 Å². The van der Waals surface area contributed by atoms with Crippen molar-refractivity contribution >= 4 is 6.08 Å². The zero-order chi connectivity index (χ0) is 8.10. The first-order chi connectivity index (χ1) is 5.29. The third kappa shape index (κ3) is 2.85. The summed E-state index contributed by atoms with van der Waals surface area (Å²) in [5.41, 5.74) is 1.17. The summed E-state index contributed by atoms with van der Waals surface area (Å²) in [6, 6.07) is 3.94. The van der Waals surface area contributed by atoms with Crippen LogP contribution in [0.1, 0.15) is 5.56 Å². The Labute approximate surface area is 67.2 Å². The average Bonchev–Trinajstić information content (AvgIpc) is 2.03. The number of nitrogens with zero attached hydrogens (tertiary/aromatic N) is 2. The molecule has 0 spiro atoms. The highest BCUT2D eigenvalue weighted by atomic mass is 15.0. The van der Waals surface area contributed by atoms with Gasteiger partial charge < -0.3 is 4.90 Å². The Kier molecular flexibility index (Phi) is 2.66. The second kappa shape index (κ2) is 3.76. The second-order valence-electron chi connectivity index (χ2n) is 2.56. The molecule has 0 fully saturated rings. The average molecular weight is 148 g/mol. The number of hydrogen-bond donors (Lipinski definition) is 0. The molecule has 0 N–H and O–H groups in total. The van der Waals surface area contributed by atoms with Crippen LogP contribution < -0.4 is 0 Å². The van der Waals surface area contributed by atoms with E-state index in [2.05, 4.69) is 4.98 Å². The molecule has 0 radical (unpaired) electrons. The van der Waals surface area contributed by atoms with Gasteiger partial charge in [0.2, 0.25) is 0 Å². The molecule has 0 bridgehead atoms.